The van der Waals surface area contributed by atoms with E-state index in [1.807, 2.05) is 24.3 Å². The molecule has 2 aromatic heterocycles. The van der Waals surface area contributed by atoms with E-state index in [1.54, 1.807) is 0 Å². The number of nitrogens with one attached hydrogen (secondary N) is 1. The molecule has 0 spiro atoms. The minimum Gasteiger partial charge on any atom is -0.269 e. The molecule has 1 unspecified atom stereocenters. The predicted molar refractivity (Wildman–Crippen MR) is 119 cm³/mol. The number of anilines is 1. The van der Waals surface area contributed by atoms with E-state index in [0.717, 1.165) is 10.1 Å². The largest absolute Gasteiger partial charge is 0.377 e. The summed E-state index contributed by atoms with van der Waals surface area (Å²) in [5.74, 6) is -0.379. The van der Waals surface area contributed by atoms with Gasteiger partial charge in [0.1, 0.15) is 5.00 Å². The van der Waals surface area contributed by atoms with Crippen molar-refractivity contribution in [1.82, 2.24) is 20.2 Å². The monoisotopic (exact) mass is 545 g/mol. The summed E-state index contributed by atoms with van der Waals surface area (Å²) in [6.45, 7) is 1.28. The van der Waals surface area contributed by atoms with Crippen LogP contribution in [0.25, 0.3) is 21.5 Å². The maximum absolute atomic E-state index is 14.3. The van der Waals surface area contributed by atoms with E-state index in [4.69, 9.17) is 0 Å². The second-order valence-corrected chi connectivity index (χ2v) is 10.3. The van der Waals surface area contributed by atoms with Crippen LogP contribution in [-0.2, 0) is 16.1 Å². The van der Waals surface area contributed by atoms with E-state index >= 15 is 0 Å². The van der Waals surface area contributed by atoms with Gasteiger partial charge in [-0.2, -0.15) is 13.5 Å². The minimum atomic E-state index is -3.96. The van der Waals surface area contributed by atoms with Gasteiger partial charge in [0.2, 0.25) is 0 Å². The van der Waals surface area contributed by atoms with E-state index in [2.05, 4.69) is 36.2 Å². The molecule has 168 valence electrons. The maximum Gasteiger partial charge on any atom is 0.377 e. The van der Waals surface area contributed by atoms with Crippen LogP contribution in [0.2, 0.25) is 0 Å². The Bertz CT molecular complexity index is 1370. The van der Waals surface area contributed by atoms with Gasteiger partial charge in [-0.1, -0.05) is 25.1 Å². The van der Waals surface area contributed by atoms with Gasteiger partial charge in [-0.3, -0.25) is 4.72 Å². The van der Waals surface area contributed by atoms with Crippen molar-refractivity contribution in [2.45, 2.75) is 30.5 Å². The Morgan fingerprint density at radius 2 is 1.88 bits per heavy atom. The van der Waals surface area contributed by atoms with Crippen LogP contribution in [0.1, 0.15) is 13.3 Å². The third-order valence-corrected chi connectivity index (χ3v) is 8.34. The summed E-state index contributed by atoms with van der Waals surface area (Å²) in [5, 5.41) is 11.3. The molecular formula is C19H15BrF3N5O2S2. The second-order valence-electron chi connectivity index (χ2n) is 6.75. The molecule has 0 aliphatic rings. The summed E-state index contributed by atoms with van der Waals surface area (Å²) in [4.78, 5) is -0.0895. The number of thiophene rings is 1. The fourth-order valence-corrected chi connectivity index (χ4v) is 6.24. The first-order valence-corrected chi connectivity index (χ1v) is 12.4. The van der Waals surface area contributed by atoms with E-state index in [-0.39, 0.29) is 21.0 Å². The lowest BCUT2D eigenvalue weighted by Gasteiger charge is -2.20. The second kappa shape index (κ2) is 8.45. The van der Waals surface area contributed by atoms with Gasteiger partial charge < -0.3 is 0 Å². The molecule has 0 amide bonds. The molecule has 1 N–H and O–H groups in total. The Kier molecular flexibility index (Phi) is 5.98. The van der Waals surface area contributed by atoms with Gasteiger partial charge in [0, 0.05) is 15.6 Å². The number of tetrazole rings is 1. The summed E-state index contributed by atoms with van der Waals surface area (Å²) in [7, 11) is -3.96. The van der Waals surface area contributed by atoms with Gasteiger partial charge in [0.05, 0.1) is 9.37 Å². The number of aromatic nitrogens is 4. The van der Waals surface area contributed by atoms with Crippen LogP contribution in [-0.4, -0.2) is 34.8 Å². The van der Waals surface area contributed by atoms with Crippen molar-refractivity contribution in [3.63, 3.8) is 0 Å². The fraction of sp³-hybridized carbons (Fsp3) is 0.211. The van der Waals surface area contributed by atoms with Crippen LogP contribution in [0.4, 0.5) is 18.2 Å². The van der Waals surface area contributed by atoms with Crippen molar-refractivity contribution >= 4 is 52.4 Å². The molecule has 0 radical (unpaired) electrons. The number of rotatable bonds is 7. The molecule has 13 heteroatoms. The van der Waals surface area contributed by atoms with Crippen molar-refractivity contribution in [1.29, 1.82) is 0 Å². The van der Waals surface area contributed by atoms with E-state index in [9.17, 15) is 21.6 Å². The molecule has 0 saturated carbocycles. The van der Waals surface area contributed by atoms with Crippen LogP contribution >= 0.6 is 27.3 Å². The molecule has 32 heavy (non-hydrogen) atoms. The standard InChI is InChI=1S/C19H15BrF3N5O2S2/c1-2-15(21)19(22,23)28-17(24-26-27-28)11-7-9-12(10-8-11)32(29,30)25-18-16(20)13-5-3-4-6-14(13)31-18/h3-10,15,25H,2H2,1H3. The first-order valence-electron chi connectivity index (χ1n) is 9.26. The number of halogens is 4. The Labute approximate surface area is 193 Å². The number of hydrogen-bond acceptors (Lipinski definition) is 6. The lowest BCUT2D eigenvalue weighted by Crippen LogP contribution is -2.35. The summed E-state index contributed by atoms with van der Waals surface area (Å²) < 4.78 is 72.2. The van der Waals surface area contributed by atoms with Crippen molar-refractivity contribution in [3.05, 3.63) is 53.0 Å². The maximum atomic E-state index is 14.3. The molecule has 0 saturated heterocycles. The van der Waals surface area contributed by atoms with Gasteiger partial charge in [-0.25, -0.2) is 12.8 Å². The highest BCUT2D eigenvalue weighted by Gasteiger charge is 2.44. The Morgan fingerprint density at radius 3 is 2.53 bits per heavy atom. The highest BCUT2D eigenvalue weighted by molar-refractivity contribution is 9.10. The van der Waals surface area contributed by atoms with Gasteiger partial charge in [-0.05, 0) is 63.1 Å². The predicted octanol–water partition coefficient (Wildman–Crippen LogP) is 5.42. The lowest BCUT2D eigenvalue weighted by molar-refractivity contribution is -0.152. The molecule has 4 aromatic rings. The number of alkyl halides is 3. The number of nitrogens with zero attached hydrogens (tertiary/aromatic N) is 4. The molecule has 1 atom stereocenters. The first-order chi connectivity index (χ1) is 15.1. The van der Waals surface area contributed by atoms with Crippen LogP contribution < -0.4 is 4.72 Å². The number of sulfonamides is 1. The van der Waals surface area contributed by atoms with E-state index < -0.39 is 28.7 Å². The van der Waals surface area contributed by atoms with Crippen LogP contribution in [0.15, 0.2) is 57.9 Å². The number of fused-ring (bicyclic) bond motifs is 1. The van der Waals surface area contributed by atoms with Crippen LogP contribution in [0, 0.1) is 0 Å². The summed E-state index contributed by atoms with van der Waals surface area (Å²) in [6, 6.07) is 8.53. The molecule has 0 bridgehead atoms. The highest BCUT2D eigenvalue weighted by Crippen LogP contribution is 2.40. The van der Waals surface area contributed by atoms with Crippen molar-refractivity contribution in [2.24, 2.45) is 0 Å². The average molecular weight is 546 g/mol. The third-order valence-electron chi connectivity index (χ3n) is 4.67. The normalized spacial score (nSPS) is 13.4. The molecular weight excluding hydrogens is 531 g/mol. The topological polar surface area (TPSA) is 89.8 Å². The smallest absolute Gasteiger partial charge is 0.269 e. The molecule has 2 heterocycles. The van der Waals surface area contributed by atoms with Crippen LogP contribution in [0.3, 0.4) is 0 Å². The SMILES string of the molecule is CCC(F)C(F)(F)n1nnnc1-c1ccc(S(=O)(=O)Nc2sc3ccccc3c2Br)cc1. The average Bonchev–Trinajstić information content (AvgIpc) is 3.39. The highest BCUT2D eigenvalue weighted by atomic mass is 79.9. The molecule has 0 aliphatic carbocycles. The third kappa shape index (κ3) is 3.99. The Balaban J connectivity index is 1.63. The van der Waals surface area contributed by atoms with Gasteiger partial charge >= 0.3 is 6.05 Å². The lowest BCUT2D eigenvalue weighted by atomic mass is 10.2. The molecule has 0 fully saturated rings. The summed E-state index contributed by atoms with van der Waals surface area (Å²) in [6.07, 6.45) is -2.91. The first kappa shape index (κ1) is 22.7. The zero-order valence-electron chi connectivity index (χ0n) is 16.3. The molecule has 7 nitrogen and oxygen atoms in total. The van der Waals surface area contributed by atoms with Crippen molar-refractivity contribution in [3.8, 4) is 11.4 Å². The Morgan fingerprint density at radius 1 is 1.19 bits per heavy atom. The van der Waals surface area contributed by atoms with Gasteiger partial charge in [0.15, 0.2) is 12.0 Å². The van der Waals surface area contributed by atoms with Crippen molar-refractivity contribution in [2.75, 3.05) is 4.72 Å². The van der Waals surface area contributed by atoms with Crippen molar-refractivity contribution < 1.29 is 21.6 Å². The van der Waals surface area contributed by atoms with Crippen LogP contribution in [0.5, 0.6) is 0 Å². The quantitative estimate of drug-likeness (QED) is 0.335. The summed E-state index contributed by atoms with van der Waals surface area (Å²) >= 11 is 4.69. The zero-order valence-corrected chi connectivity index (χ0v) is 19.6. The van der Waals surface area contributed by atoms with Gasteiger partial charge in [-0.15, -0.1) is 16.4 Å². The molecule has 0 aliphatic heterocycles. The zero-order chi connectivity index (χ0) is 23.1. The minimum absolute atomic E-state index is 0.0895. The molecule has 2 aromatic carbocycles. The molecule has 4 rings (SSSR count). The van der Waals surface area contributed by atoms with Gasteiger partial charge in [0.25, 0.3) is 10.0 Å². The van der Waals surface area contributed by atoms with E-state index in [1.165, 1.54) is 42.5 Å². The Hall–Kier alpha value is -2.51. The number of hydrogen-bond donors (Lipinski definition) is 1. The van der Waals surface area contributed by atoms with E-state index in [0.29, 0.717) is 9.47 Å². The fourth-order valence-electron chi connectivity index (χ4n) is 2.99. The summed E-state index contributed by atoms with van der Waals surface area (Å²) in [5.41, 5.74) is 0.111. The number of benzene rings is 2.